The van der Waals surface area contributed by atoms with E-state index in [1.807, 2.05) is 0 Å². The molecule has 2 aliphatic heterocycles. The fraction of sp³-hybridized carbons (Fsp3) is 1.00. The third-order valence-electron chi connectivity index (χ3n) is 3.59. The van der Waals surface area contributed by atoms with Crippen molar-refractivity contribution in [3.05, 3.63) is 0 Å². The molecule has 0 aromatic rings. The second-order valence-electron chi connectivity index (χ2n) is 4.36. The Morgan fingerprint density at radius 2 is 2.00 bits per heavy atom. The smallest absolute Gasteiger partial charge is 0.0843 e. The molecule has 1 N–H and O–H groups in total. The van der Waals surface area contributed by atoms with Gasteiger partial charge < -0.3 is 9.84 Å². The summed E-state index contributed by atoms with van der Waals surface area (Å²) in [6, 6.07) is 0. The van der Waals surface area contributed by atoms with E-state index >= 15 is 0 Å². The molecule has 2 saturated heterocycles. The van der Waals surface area contributed by atoms with Crippen LogP contribution in [0.5, 0.6) is 0 Å². The van der Waals surface area contributed by atoms with E-state index in [2.05, 4.69) is 0 Å². The van der Waals surface area contributed by atoms with E-state index in [-0.39, 0.29) is 12.2 Å². The number of ether oxygens (including phenoxy) is 1. The first-order valence-corrected chi connectivity index (χ1v) is 4.66. The van der Waals surface area contributed by atoms with Gasteiger partial charge in [0.25, 0.3) is 0 Å². The highest BCUT2D eigenvalue weighted by molar-refractivity contribution is 4.98. The summed E-state index contributed by atoms with van der Waals surface area (Å²) in [4.78, 5) is 0. The lowest BCUT2D eigenvalue weighted by molar-refractivity contribution is -0.212. The van der Waals surface area contributed by atoms with Crippen LogP contribution in [0.15, 0.2) is 0 Å². The fourth-order valence-corrected chi connectivity index (χ4v) is 3.16. The zero-order valence-corrected chi connectivity index (χ0v) is 6.57. The van der Waals surface area contributed by atoms with Crippen molar-refractivity contribution in [1.82, 2.24) is 0 Å². The molecule has 62 valence electrons. The van der Waals surface area contributed by atoms with Gasteiger partial charge in [-0.05, 0) is 37.5 Å². The van der Waals surface area contributed by atoms with Crippen molar-refractivity contribution in [2.45, 2.75) is 44.0 Å². The van der Waals surface area contributed by atoms with Crippen LogP contribution in [0.2, 0.25) is 0 Å². The molecule has 11 heavy (non-hydrogen) atoms. The van der Waals surface area contributed by atoms with Gasteiger partial charge in [0.05, 0.1) is 18.3 Å². The first kappa shape index (κ1) is 6.44. The second kappa shape index (κ2) is 1.99. The Balaban J connectivity index is 1.91. The molecule has 2 heterocycles. The summed E-state index contributed by atoms with van der Waals surface area (Å²) < 4.78 is 5.69. The van der Waals surface area contributed by atoms with Crippen molar-refractivity contribution in [2.24, 2.45) is 11.8 Å². The summed E-state index contributed by atoms with van der Waals surface area (Å²) in [5.41, 5.74) is 0. The zero-order valence-electron chi connectivity index (χ0n) is 6.57. The molecule has 2 nitrogen and oxygen atoms in total. The third kappa shape index (κ3) is 0.798. The first-order valence-electron chi connectivity index (χ1n) is 4.66. The summed E-state index contributed by atoms with van der Waals surface area (Å²) in [6.07, 6.45) is 5.33. The predicted molar refractivity (Wildman–Crippen MR) is 40.1 cm³/mol. The Morgan fingerprint density at radius 1 is 1.09 bits per heavy atom. The quantitative estimate of drug-likeness (QED) is 0.562. The molecular weight excluding hydrogens is 140 g/mol. The minimum Gasteiger partial charge on any atom is -0.390 e. The molecule has 0 aromatic heterocycles. The Kier molecular flexibility index (Phi) is 1.16. The van der Waals surface area contributed by atoms with Crippen LogP contribution >= 0.6 is 0 Å². The molecule has 4 fully saturated rings. The fourth-order valence-electron chi connectivity index (χ4n) is 3.16. The van der Waals surface area contributed by atoms with Crippen molar-refractivity contribution in [3.63, 3.8) is 0 Å². The summed E-state index contributed by atoms with van der Waals surface area (Å²) in [5.74, 6) is 1.45. The van der Waals surface area contributed by atoms with Crippen LogP contribution < -0.4 is 0 Å². The van der Waals surface area contributed by atoms with Crippen molar-refractivity contribution in [3.8, 4) is 0 Å². The van der Waals surface area contributed by atoms with Crippen LogP contribution in [-0.2, 0) is 4.74 Å². The second-order valence-corrected chi connectivity index (χ2v) is 4.36. The number of hydrogen-bond acceptors (Lipinski definition) is 2. The summed E-state index contributed by atoms with van der Waals surface area (Å²) in [6.45, 7) is 0. The van der Waals surface area contributed by atoms with Crippen LogP contribution in [0.3, 0.4) is 0 Å². The zero-order chi connectivity index (χ0) is 7.42. The van der Waals surface area contributed by atoms with Crippen LogP contribution in [0.1, 0.15) is 25.7 Å². The number of aliphatic hydroxyl groups is 1. The summed E-state index contributed by atoms with van der Waals surface area (Å²) in [5, 5.41) is 9.70. The van der Waals surface area contributed by atoms with Gasteiger partial charge in [0.15, 0.2) is 0 Å². The van der Waals surface area contributed by atoms with Gasteiger partial charge in [0, 0.05) is 0 Å². The first-order chi connectivity index (χ1) is 5.33. The molecule has 2 heteroatoms. The lowest BCUT2D eigenvalue weighted by Crippen LogP contribution is -2.54. The lowest BCUT2D eigenvalue weighted by atomic mass is 9.66. The van der Waals surface area contributed by atoms with Gasteiger partial charge in [-0.25, -0.2) is 0 Å². The van der Waals surface area contributed by atoms with E-state index in [0.29, 0.717) is 12.0 Å². The minimum atomic E-state index is -0.136. The normalized spacial score (nSPS) is 60.3. The summed E-state index contributed by atoms with van der Waals surface area (Å²) >= 11 is 0. The molecular formula is C9H14O2. The Hall–Kier alpha value is -0.0800. The average molecular weight is 154 g/mol. The Labute approximate surface area is 66.5 Å². The van der Waals surface area contributed by atoms with Crippen molar-refractivity contribution in [1.29, 1.82) is 0 Å². The molecule has 0 amide bonds. The molecule has 4 rings (SSSR count). The van der Waals surface area contributed by atoms with E-state index in [1.54, 1.807) is 0 Å². The molecule has 0 aromatic carbocycles. The largest absolute Gasteiger partial charge is 0.390 e. The van der Waals surface area contributed by atoms with Gasteiger partial charge in [-0.2, -0.15) is 0 Å². The van der Waals surface area contributed by atoms with E-state index in [0.717, 1.165) is 18.8 Å². The van der Waals surface area contributed by atoms with Gasteiger partial charge in [0.2, 0.25) is 0 Å². The Bertz CT molecular complexity index is 150. The SMILES string of the molecule is O[C@H]1[C@@H]2CC3C[C@@H](C2)O[C@@H]1C3. The lowest BCUT2D eigenvalue weighted by Gasteiger charge is -2.52. The van der Waals surface area contributed by atoms with Crippen LogP contribution in [-0.4, -0.2) is 23.4 Å². The Morgan fingerprint density at radius 3 is 2.73 bits per heavy atom. The average Bonchev–Trinajstić information content (AvgIpc) is 1.98. The summed E-state index contributed by atoms with van der Waals surface area (Å²) in [7, 11) is 0. The minimum absolute atomic E-state index is 0.136. The van der Waals surface area contributed by atoms with Gasteiger partial charge in [0.1, 0.15) is 0 Å². The van der Waals surface area contributed by atoms with E-state index in [1.165, 1.54) is 12.8 Å². The standard InChI is InChI=1S/C9H14O2/c10-9-6-1-5-2-7(4-6)11-8(9)3-5/h5-10H,1-4H2/t5?,6-,7+,8-,9+/m1/s1. The van der Waals surface area contributed by atoms with Gasteiger partial charge in [-0.15, -0.1) is 0 Å². The van der Waals surface area contributed by atoms with Crippen molar-refractivity contribution in [2.75, 3.05) is 0 Å². The molecule has 0 spiro atoms. The highest BCUT2D eigenvalue weighted by Gasteiger charge is 2.48. The van der Waals surface area contributed by atoms with Gasteiger partial charge in [-0.3, -0.25) is 0 Å². The topological polar surface area (TPSA) is 29.5 Å². The van der Waals surface area contributed by atoms with Crippen LogP contribution in [0.25, 0.3) is 0 Å². The maximum Gasteiger partial charge on any atom is 0.0843 e. The number of aliphatic hydroxyl groups excluding tert-OH is 1. The van der Waals surface area contributed by atoms with Crippen molar-refractivity contribution < 1.29 is 9.84 Å². The molecule has 4 bridgehead atoms. The molecule has 5 atom stereocenters. The maximum absolute atomic E-state index is 9.70. The number of rotatable bonds is 0. The third-order valence-corrected chi connectivity index (χ3v) is 3.59. The maximum atomic E-state index is 9.70. The molecule has 2 saturated carbocycles. The van der Waals surface area contributed by atoms with E-state index in [4.69, 9.17) is 4.74 Å². The molecule has 2 aliphatic carbocycles. The van der Waals surface area contributed by atoms with Crippen LogP contribution in [0.4, 0.5) is 0 Å². The predicted octanol–water partition coefficient (Wildman–Crippen LogP) is 0.935. The highest BCUT2D eigenvalue weighted by Crippen LogP contribution is 2.47. The van der Waals surface area contributed by atoms with Crippen molar-refractivity contribution >= 4 is 0 Å². The van der Waals surface area contributed by atoms with Crippen LogP contribution in [0, 0.1) is 11.8 Å². The number of hydrogen-bond donors (Lipinski definition) is 1. The van der Waals surface area contributed by atoms with E-state index < -0.39 is 0 Å². The van der Waals surface area contributed by atoms with E-state index in [9.17, 15) is 5.11 Å². The highest BCUT2D eigenvalue weighted by atomic mass is 16.5. The molecule has 1 unspecified atom stereocenters. The molecule has 0 radical (unpaired) electrons. The monoisotopic (exact) mass is 154 g/mol. The molecule has 4 aliphatic rings. The van der Waals surface area contributed by atoms with Gasteiger partial charge >= 0.3 is 0 Å². The van der Waals surface area contributed by atoms with Gasteiger partial charge in [-0.1, -0.05) is 0 Å².